The molecular formula is C26H26FNO5. The summed E-state index contributed by atoms with van der Waals surface area (Å²) < 4.78 is 35.9. The summed E-state index contributed by atoms with van der Waals surface area (Å²) in [6.45, 7) is 4.72. The minimum atomic E-state index is -0.649. The highest BCUT2D eigenvalue weighted by atomic mass is 19.1. The van der Waals surface area contributed by atoms with Crippen molar-refractivity contribution in [3.8, 4) is 17.0 Å². The molecule has 0 spiro atoms. The highest BCUT2D eigenvalue weighted by Gasteiger charge is 2.42. The molecule has 0 radical (unpaired) electrons. The number of ether oxygens (including phenoxy) is 4. The van der Waals surface area contributed by atoms with E-state index in [1.165, 1.54) is 6.07 Å². The molecule has 1 fully saturated rings. The fourth-order valence-electron chi connectivity index (χ4n) is 3.63. The summed E-state index contributed by atoms with van der Waals surface area (Å²) in [5, 5.41) is 0. The molecule has 0 aliphatic carbocycles. The van der Waals surface area contributed by atoms with Crippen molar-refractivity contribution < 1.29 is 28.1 Å². The molecule has 0 N–H and O–H groups in total. The molecule has 1 aliphatic heterocycles. The van der Waals surface area contributed by atoms with Crippen LogP contribution in [0, 0.1) is 12.7 Å². The molecule has 1 saturated heterocycles. The molecule has 0 atom stereocenters. The van der Waals surface area contributed by atoms with Crippen LogP contribution >= 0.6 is 0 Å². The summed E-state index contributed by atoms with van der Waals surface area (Å²) in [5.74, 6) is 0.0254. The highest BCUT2D eigenvalue weighted by molar-refractivity contribution is 5.70. The topological polar surface area (TPSA) is 66.9 Å². The van der Waals surface area contributed by atoms with Crippen molar-refractivity contribution >= 4 is 5.97 Å². The van der Waals surface area contributed by atoms with Crippen molar-refractivity contribution in [3.05, 3.63) is 83.3 Å². The number of hydrogen-bond acceptors (Lipinski definition) is 6. The molecule has 1 aromatic heterocycles. The van der Waals surface area contributed by atoms with Crippen molar-refractivity contribution in [3.63, 3.8) is 0 Å². The number of carbonyl (C=O) groups excluding carboxylic acids is 1. The Kier molecular flexibility index (Phi) is 7.01. The fraction of sp³-hybridized carbons (Fsp3) is 0.308. The SMILES string of the molecule is CCOC(=O)COC1(c2ccc(OCc3cccc(-c4cccc(F)c4C)n3)cc2)COC1. The van der Waals surface area contributed by atoms with Crippen LogP contribution in [-0.2, 0) is 31.2 Å². The standard InChI is InChI=1S/C26H26FNO5/c1-3-31-25(29)15-33-26(16-30-17-26)19-10-12-21(13-11-19)32-14-20-6-4-9-24(28-20)22-7-5-8-23(27)18(22)2/h4-13H,3,14-17H2,1-2H3. The first-order valence-corrected chi connectivity index (χ1v) is 10.8. The number of nitrogens with zero attached hydrogens (tertiary/aromatic N) is 1. The second-order valence-corrected chi connectivity index (χ2v) is 7.82. The predicted octanol–water partition coefficient (Wildman–Crippen LogP) is 4.58. The van der Waals surface area contributed by atoms with E-state index in [4.69, 9.17) is 18.9 Å². The molecule has 0 unspecified atom stereocenters. The lowest BCUT2D eigenvalue weighted by molar-refractivity contribution is -0.221. The lowest BCUT2D eigenvalue weighted by Gasteiger charge is -2.41. The molecule has 0 saturated carbocycles. The molecule has 1 aliphatic rings. The lowest BCUT2D eigenvalue weighted by Crippen LogP contribution is -2.49. The minimum Gasteiger partial charge on any atom is -0.487 e. The normalized spacial score (nSPS) is 14.4. The van der Waals surface area contributed by atoms with Crippen molar-refractivity contribution in [1.29, 1.82) is 0 Å². The van der Waals surface area contributed by atoms with Crippen molar-refractivity contribution in [2.24, 2.45) is 0 Å². The van der Waals surface area contributed by atoms with Crippen LogP contribution in [0.1, 0.15) is 23.7 Å². The molecule has 2 heterocycles. The molecule has 0 bridgehead atoms. The maximum atomic E-state index is 13.9. The Bertz CT molecular complexity index is 1110. The molecule has 6 nitrogen and oxygen atoms in total. The highest BCUT2D eigenvalue weighted by Crippen LogP contribution is 2.34. The first-order chi connectivity index (χ1) is 16.0. The molecule has 2 aromatic carbocycles. The number of carbonyl (C=O) groups is 1. The van der Waals surface area contributed by atoms with Gasteiger partial charge in [0.05, 0.1) is 31.2 Å². The van der Waals surface area contributed by atoms with Gasteiger partial charge in [0.25, 0.3) is 0 Å². The summed E-state index contributed by atoms with van der Waals surface area (Å²) in [6.07, 6.45) is 0. The zero-order valence-electron chi connectivity index (χ0n) is 18.7. The third-order valence-corrected chi connectivity index (χ3v) is 5.56. The first-order valence-electron chi connectivity index (χ1n) is 10.8. The molecule has 0 amide bonds. The number of rotatable bonds is 9. The van der Waals surface area contributed by atoms with Crippen molar-refractivity contribution in [2.45, 2.75) is 26.1 Å². The number of pyridine rings is 1. The van der Waals surface area contributed by atoms with Gasteiger partial charge in [-0.15, -0.1) is 0 Å². The molecule has 3 aromatic rings. The molecule has 4 rings (SSSR count). The monoisotopic (exact) mass is 451 g/mol. The van der Waals surface area contributed by atoms with Gasteiger partial charge in [-0.25, -0.2) is 14.2 Å². The maximum Gasteiger partial charge on any atom is 0.332 e. The number of esters is 1. The van der Waals surface area contributed by atoms with Gasteiger partial charge >= 0.3 is 5.97 Å². The van der Waals surface area contributed by atoms with Crippen molar-refractivity contribution in [1.82, 2.24) is 4.98 Å². The van der Waals surface area contributed by atoms with Crippen LogP contribution in [-0.4, -0.2) is 37.4 Å². The van der Waals surface area contributed by atoms with Crippen LogP contribution in [0.25, 0.3) is 11.3 Å². The van der Waals surface area contributed by atoms with Gasteiger partial charge in [0.2, 0.25) is 0 Å². The van der Waals surface area contributed by atoms with Gasteiger partial charge in [-0.3, -0.25) is 0 Å². The number of halogens is 1. The van der Waals surface area contributed by atoms with Gasteiger partial charge < -0.3 is 18.9 Å². The molecule has 33 heavy (non-hydrogen) atoms. The van der Waals surface area contributed by atoms with Gasteiger partial charge in [-0.05, 0) is 55.3 Å². The van der Waals surface area contributed by atoms with Crippen LogP contribution in [0.15, 0.2) is 60.7 Å². The van der Waals surface area contributed by atoms with Crippen LogP contribution in [0.3, 0.4) is 0 Å². The zero-order chi connectivity index (χ0) is 23.3. The number of aromatic nitrogens is 1. The largest absolute Gasteiger partial charge is 0.487 e. The maximum absolute atomic E-state index is 13.9. The Labute approximate surface area is 192 Å². The Hall–Kier alpha value is -3.29. The summed E-state index contributed by atoms with van der Waals surface area (Å²) in [4.78, 5) is 16.3. The smallest absolute Gasteiger partial charge is 0.332 e. The van der Waals surface area contributed by atoms with Gasteiger partial charge in [0.15, 0.2) is 0 Å². The van der Waals surface area contributed by atoms with Crippen LogP contribution in [0.4, 0.5) is 4.39 Å². The van der Waals surface area contributed by atoms with E-state index in [-0.39, 0.29) is 19.0 Å². The predicted molar refractivity (Wildman–Crippen MR) is 120 cm³/mol. The summed E-state index contributed by atoms with van der Waals surface area (Å²) in [5.41, 5.74) is 3.03. The molecular weight excluding hydrogens is 425 g/mol. The summed E-state index contributed by atoms with van der Waals surface area (Å²) >= 11 is 0. The average molecular weight is 451 g/mol. The first kappa shape index (κ1) is 22.9. The summed E-state index contributed by atoms with van der Waals surface area (Å²) in [7, 11) is 0. The number of benzene rings is 2. The van der Waals surface area contributed by atoms with E-state index in [0.29, 0.717) is 36.8 Å². The van der Waals surface area contributed by atoms with E-state index in [1.807, 2.05) is 48.5 Å². The number of hydrogen-bond donors (Lipinski definition) is 0. The Morgan fingerprint density at radius 1 is 1.09 bits per heavy atom. The molecule has 7 heteroatoms. The van der Waals surface area contributed by atoms with E-state index in [1.54, 1.807) is 19.9 Å². The van der Waals surface area contributed by atoms with Gasteiger partial charge in [0, 0.05) is 5.56 Å². The quantitative estimate of drug-likeness (QED) is 0.444. The summed E-state index contributed by atoms with van der Waals surface area (Å²) in [6, 6.07) is 18.1. The van der Waals surface area contributed by atoms with E-state index in [9.17, 15) is 9.18 Å². The van der Waals surface area contributed by atoms with Crippen LogP contribution in [0.2, 0.25) is 0 Å². The van der Waals surface area contributed by atoms with Crippen LogP contribution < -0.4 is 4.74 Å². The van der Waals surface area contributed by atoms with Gasteiger partial charge in [-0.1, -0.05) is 30.3 Å². The van der Waals surface area contributed by atoms with Crippen LogP contribution in [0.5, 0.6) is 5.75 Å². The van der Waals surface area contributed by atoms with Crippen molar-refractivity contribution in [2.75, 3.05) is 26.4 Å². The van der Waals surface area contributed by atoms with E-state index >= 15 is 0 Å². The van der Waals surface area contributed by atoms with Gasteiger partial charge in [0.1, 0.15) is 30.4 Å². The van der Waals surface area contributed by atoms with Gasteiger partial charge in [-0.2, -0.15) is 0 Å². The Morgan fingerprint density at radius 2 is 1.85 bits per heavy atom. The van der Waals surface area contributed by atoms with E-state index < -0.39 is 11.6 Å². The average Bonchev–Trinajstić information content (AvgIpc) is 2.80. The van der Waals surface area contributed by atoms with E-state index in [0.717, 1.165) is 16.8 Å². The minimum absolute atomic E-state index is 0.123. The second-order valence-electron chi connectivity index (χ2n) is 7.82. The third-order valence-electron chi connectivity index (χ3n) is 5.56. The Morgan fingerprint density at radius 3 is 2.55 bits per heavy atom. The fourth-order valence-corrected chi connectivity index (χ4v) is 3.63. The Balaban J connectivity index is 1.40. The third kappa shape index (κ3) is 5.21. The van der Waals surface area contributed by atoms with E-state index in [2.05, 4.69) is 4.98 Å². The second kappa shape index (κ2) is 10.1. The molecule has 172 valence electrons. The zero-order valence-corrected chi connectivity index (χ0v) is 18.7. The lowest BCUT2D eigenvalue weighted by atomic mass is 9.91.